The number of piperidine rings is 1. The van der Waals surface area contributed by atoms with E-state index in [1.165, 1.54) is 0 Å². The summed E-state index contributed by atoms with van der Waals surface area (Å²) in [5, 5.41) is 0. The normalized spacial score (nSPS) is 26.8. The van der Waals surface area contributed by atoms with Gasteiger partial charge in [0.2, 0.25) is 0 Å². The van der Waals surface area contributed by atoms with E-state index in [-0.39, 0.29) is 23.8 Å². The van der Waals surface area contributed by atoms with Gasteiger partial charge in [-0.3, -0.25) is 4.79 Å². The summed E-state index contributed by atoms with van der Waals surface area (Å²) in [4.78, 5) is 25.0. The lowest BCUT2D eigenvalue weighted by atomic mass is 9.94. The summed E-state index contributed by atoms with van der Waals surface area (Å²) in [6, 6.07) is -0.0569. The molecule has 0 aromatic carbocycles. The highest BCUT2D eigenvalue weighted by molar-refractivity contribution is 5.84. The number of nitrogens with zero attached hydrogens (tertiary/aromatic N) is 1. The van der Waals surface area contributed by atoms with Gasteiger partial charge in [0.05, 0.1) is 0 Å². The smallest absolute Gasteiger partial charge is 0.410 e. The number of carbonyl (C=O) groups is 2. The summed E-state index contributed by atoms with van der Waals surface area (Å²) >= 11 is 0. The van der Waals surface area contributed by atoms with Crippen molar-refractivity contribution in [2.75, 3.05) is 6.54 Å². The first-order valence-electron chi connectivity index (χ1n) is 5.73. The molecule has 1 heterocycles. The molecule has 0 aliphatic carbocycles. The van der Waals surface area contributed by atoms with Gasteiger partial charge in [-0.1, -0.05) is 6.92 Å². The van der Waals surface area contributed by atoms with Crippen molar-refractivity contribution < 1.29 is 14.3 Å². The zero-order valence-electron chi connectivity index (χ0n) is 10.7. The molecule has 1 rings (SSSR count). The minimum absolute atomic E-state index is 0.0569. The molecule has 1 fully saturated rings. The number of Topliss-reactive ketones (excluding diaryl/α,β-unsaturated/α-hetero) is 1. The SMILES string of the molecule is CC1CN(C(=O)OC(C)(C)C)C(C)CC1=O. The van der Waals surface area contributed by atoms with Gasteiger partial charge >= 0.3 is 6.09 Å². The number of likely N-dealkylation sites (tertiary alicyclic amines) is 1. The number of rotatable bonds is 0. The fraction of sp³-hybridized carbons (Fsp3) is 0.833. The minimum atomic E-state index is -0.485. The van der Waals surface area contributed by atoms with Gasteiger partial charge in [0.25, 0.3) is 0 Å². The molecule has 2 unspecified atom stereocenters. The highest BCUT2D eigenvalue weighted by Crippen LogP contribution is 2.21. The number of ketones is 1. The van der Waals surface area contributed by atoms with E-state index in [0.29, 0.717) is 13.0 Å². The second-order valence-corrected chi connectivity index (χ2v) is 5.55. The van der Waals surface area contributed by atoms with Crippen LogP contribution in [0, 0.1) is 5.92 Å². The van der Waals surface area contributed by atoms with E-state index in [0.717, 1.165) is 0 Å². The molecule has 0 bridgehead atoms. The zero-order chi connectivity index (χ0) is 12.5. The van der Waals surface area contributed by atoms with E-state index in [1.807, 2.05) is 34.6 Å². The second-order valence-electron chi connectivity index (χ2n) is 5.55. The third kappa shape index (κ3) is 3.22. The molecule has 1 aliphatic rings. The largest absolute Gasteiger partial charge is 0.444 e. The second kappa shape index (κ2) is 4.44. The Morgan fingerprint density at radius 1 is 1.38 bits per heavy atom. The van der Waals surface area contributed by atoms with Crippen LogP contribution in [0.25, 0.3) is 0 Å². The molecule has 0 aromatic heterocycles. The summed E-state index contributed by atoms with van der Waals surface area (Å²) in [7, 11) is 0. The Hall–Kier alpha value is -1.06. The maximum absolute atomic E-state index is 11.9. The van der Waals surface area contributed by atoms with Crippen LogP contribution in [0.5, 0.6) is 0 Å². The van der Waals surface area contributed by atoms with E-state index in [1.54, 1.807) is 4.90 Å². The van der Waals surface area contributed by atoms with Crippen molar-refractivity contribution in [1.29, 1.82) is 0 Å². The average molecular weight is 227 g/mol. The Balaban J connectivity index is 2.66. The molecule has 16 heavy (non-hydrogen) atoms. The van der Waals surface area contributed by atoms with Crippen LogP contribution < -0.4 is 0 Å². The van der Waals surface area contributed by atoms with E-state index >= 15 is 0 Å². The number of amides is 1. The predicted octanol–water partition coefficient (Wildman–Crippen LogP) is 2.22. The van der Waals surface area contributed by atoms with Crippen molar-refractivity contribution >= 4 is 11.9 Å². The Kier molecular flexibility index (Phi) is 3.61. The number of hydrogen-bond donors (Lipinski definition) is 0. The van der Waals surface area contributed by atoms with Crippen LogP contribution in [-0.4, -0.2) is 35.0 Å². The summed E-state index contributed by atoms with van der Waals surface area (Å²) in [6.07, 6.45) is 0.111. The van der Waals surface area contributed by atoms with Crippen molar-refractivity contribution in [2.45, 2.75) is 52.7 Å². The number of ether oxygens (including phenoxy) is 1. The maximum Gasteiger partial charge on any atom is 0.410 e. The van der Waals surface area contributed by atoms with Crippen LogP contribution >= 0.6 is 0 Å². The number of hydrogen-bond acceptors (Lipinski definition) is 3. The summed E-state index contributed by atoms with van der Waals surface area (Å²) in [6.45, 7) is 9.73. The van der Waals surface area contributed by atoms with E-state index < -0.39 is 5.60 Å². The van der Waals surface area contributed by atoms with E-state index in [9.17, 15) is 9.59 Å². The third-order valence-corrected chi connectivity index (χ3v) is 2.68. The third-order valence-electron chi connectivity index (χ3n) is 2.68. The van der Waals surface area contributed by atoms with Crippen LogP contribution in [-0.2, 0) is 9.53 Å². The highest BCUT2D eigenvalue weighted by atomic mass is 16.6. The van der Waals surface area contributed by atoms with Gasteiger partial charge in [-0.25, -0.2) is 4.79 Å². The van der Waals surface area contributed by atoms with E-state index in [4.69, 9.17) is 4.74 Å². The molecule has 0 aromatic rings. The summed E-state index contributed by atoms with van der Waals surface area (Å²) < 4.78 is 5.31. The molecule has 4 nitrogen and oxygen atoms in total. The fourth-order valence-electron chi connectivity index (χ4n) is 1.75. The Morgan fingerprint density at radius 3 is 2.44 bits per heavy atom. The monoisotopic (exact) mass is 227 g/mol. The average Bonchev–Trinajstić information content (AvgIpc) is 2.08. The first kappa shape index (κ1) is 13.0. The topological polar surface area (TPSA) is 46.6 Å². The molecule has 0 N–H and O–H groups in total. The highest BCUT2D eigenvalue weighted by Gasteiger charge is 2.34. The molecule has 0 radical (unpaired) electrons. The maximum atomic E-state index is 11.9. The zero-order valence-corrected chi connectivity index (χ0v) is 10.7. The molecular weight excluding hydrogens is 206 g/mol. The van der Waals surface area contributed by atoms with Crippen molar-refractivity contribution in [3.8, 4) is 0 Å². The molecule has 0 saturated carbocycles. The number of carbonyl (C=O) groups excluding carboxylic acids is 2. The van der Waals surface area contributed by atoms with Gasteiger partial charge in [0.1, 0.15) is 11.4 Å². The van der Waals surface area contributed by atoms with E-state index in [2.05, 4.69) is 0 Å². The van der Waals surface area contributed by atoms with Crippen molar-refractivity contribution in [2.24, 2.45) is 5.92 Å². The van der Waals surface area contributed by atoms with Crippen LogP contribution in [0.2, 0.25) is 0 Å². The Morgan fingerprint density at radius 2 is 1.94 bits per heavy atom. The molecule has 2 atom stereocenters. The van der Waals surface area contributed by atoms with Crippen LogP contribution in [0.3, 0.4) is 0 Å². The molecule has 1 amide bonds. The molecule has 0 spiro atoms. The predicted molar refractivity (Wildman–Crippen MR) is 61.2 cm³/mol. The fourth-order valence-corrected chi connectivity index (χ4v) is 1.75. The summed E-state index contributed by atoms with van der Waals surface area (Å²) in [5.41, 5.74) is -0.485. The van der Waals surface area contributed by atoms with Gasteiger partial charge < -0.3 is 9.64 Å². The molecular formula is C12H21NO3. The lowest BCUT2D eigenvalue weighted by Gasteiger charge is -2.36. The van der Waals surface area contributed by atoms with Gasteiger partial charge in [-0.15, -0.1) is 0 Å². The Labute approximate surface area is 96.9 Å². The van der Waals surface area contributed by atoms with Gasteiger partial charge in [-0.2, -0.15) is 0 Å². The quantitative estimate of drug-likeness (QED) is 0.637. The van der Waals surface area contributed by atoms with Crippen LogP contribution in [0.15, 0.2) is 0 Å². The van der Waals surface area contributed by atoms with Gasteiger partial charge in [0.15, 0.2) is 0 Å². The van der Waals surface area contributed by atoms with Crippen LogP contribution in [0.1, 0.15) is 41.0 Å². The molecule has 92 valence electrons. The lowest BCUT2D eigenvalue weighted by Crippen LogP contribution is -2.50. The molecule has 4 heteroatoms. The Bertz CT molecular complexity index is 293. The first-order valence-corrected chi connectivity index (χ1v) is 5.73. The summed E-state index contributed by atoms with van der Waals surface area (Å²) in [5.74, 6) is 0.149. The molecule has 1 saturated heterocycles. The first-order chi connectivity index (χ1) is 7.20. The van der Waals surface area contributed by atoms with Crippen molar-refractivity contribution in [1.82, 2.24) is 4.90 Å². The molecule has 1 aliphatic heterocycles. The standard InChI is InChI=1S/C12H21NO3/c1-8-7-13(9(2)6-10(8)14)11(15)16-12(3,4)5/h8-9H,6-7H2,1-5H3. The van der Waals surface area contributed by atoms with Gasteiger partial charge in [-0.05, 0) is 27.7 Å². The van der Waals surface area contributed by atoms with Crippen molar-refractivity contribution in [3.63, 3.8) is 0 Å². The van der Waals surface area contributed by atoms with Crippen LogP contribution in [0.4, 0.5) is 4.79 Å². The van der Waals surface area contributed by atoms with Gasteiger partial charge in [0, 0.05) is 24.9 Å². The van der Waals surface area contributed by atoms with Crippen molar-refractivity contribution in [3.05, 3.63) is 0 Å². The lowest BCUT2D eigenvalue weighted by molar-refractivity contribution is -0.126. The minimum Gasteiger partial charge on any atom is -0.444 e.